The van der Waals surface area contributed by atoms with Crippen molar-refractivity contribution >= 4 is 27.6 Å². The highest BCUT2D eigenvalue weighted by atomic mass is 32.2. The predicted octanol–water partition coefficient (Wildman–Crippen LogP) is 3.41. The summed E-state index contributed by atoms with van der Waals surface area (Å²) < 4.78 is 35.2. The molecule has 3 heterocycles. The number of pyridine rings is 2. The molecule has 12 heteroatoms. The van der Waals surface area contributed by atoms with Gasteiger partial charge in [-0.3, -0.25) is 4.79 Å². The zero-order valence-electron chi connectivity index (χ0n) is 22.1. The van der Waals surface area contributed by atoms with E-state index in [1.54, 1.807) is 29.1 Å². The van der Waals surface area contributed by atoms with Gasteiger partial charge in [0.15, 0.2) is 5.82 Å². The highest BCUT2D eigenvalue weighted by Gasteiger charge is 2.30. The number of nitrogens with zero attached hydrogens (tertiary/aromatic N) is 5. The van der Waals surface area contributed by atoms with Crippen molar-refractivity contribution in [2.45, 2.75) is 58.4 Å². The number of nitrogen functional groups attached to an aromatic ring is 1. The number of ether oxygens (including phenoxy) is 1. The van der Waals surface area contributed by atoms with Crippen LogP contribution in [0.2, 0.25) is 0 Å². The van der Waals surface area contributed by atoms with Crippen molar-refractivity contribution in [1.82, 2.24) is 24.5 Å². The Morgan fingerprint density at radius 1 is 1.22 bits per heavy atom. The van der Waals surface area contributed by atoms with Crippen LogP contribution in [-0.4, -0.2) is 52.8 Å². The standard InChI is InChI=1S/C25H35N7O4S/c1-7-14-31(25(4,5)6)23-18(24(33)30-37(34,35)19-9-8-13-27-22(19)26)10-11-20(28-23)32-15-12-21(29-32)36-16-17(2)3/h8-13,15,17H,7,14,16H2,1-6H3,(H2,26,27)(H,30,33). The molecular weight excluding hydrogens is 494 g/mol. The summed E-state index contributed by atoms with van der Waals surface area (Å²) in [4.78, 5) is 23.6. The van der Waals surface area contributed by atoms with E-state index in [-0.39, 0.29) is 16.3 Å². The lowest BCUT2D eigenvalue weighted by Gasteiger charge is -2.37. The van der Waals surface area contributed by atoms with E-state index < -0.39 is 21.5 Å². The molecule has 0 aromatic carbocycles. The predicted molar refractivity (Wildman–Crippen MR) is 142 cm³/mol. The van der Waals surface area contributed by atoms with E-state index in [4.69, 9.17) is 15.5 Å². The fraction of sp³-hybridized carbons (Fsp3) is 0.440. The number of carbonyl (C=O) groups excluding carboxylic acids is 1. The minimum absolute atomic E-state index is 0.0987. The second kappa shape index (κ2) is 11.2. The highest BCUT2D eigenvalue weighted by Crippen LogP contribution is 2.28. The van der Waals surface area contributed by atoms with Crippen LogP contribution in [0.1, 0.15) is 58.3 Å². The topological polar surface area (TPSA) is 145 Å². The van der Waals surface area contributed by atoms with Crippen LogP contribution >= 0.6 is 0 Å². The lowest BCUT2D eigenvalue weighted by Crippen LogP contribution is -2.44. The van der Waals surface area contributed by atoms with Crippen LogP contribution in [0.3, 0.4) is 0 Å². The molecule has 0 atom stereocenters. The maximum atomic E-state index is 13.3. The summed E-state index contributed by atoms with van der Waals surface area (Å²) in [5, 5.41) is 4.44. The molecule has 1 amide bonds. The average Bonchev–Trinajstić information content (AvgIpc) is 3.29. The molecule has 37 heavy (non-hydrogen) atoms. The minimum Gasteiger partial charge on any atom is -0.476 e. The number of hydrogen-bond donors (Lipinski definition) is 2. The SMILES string of the molecule is CCCN(c1nc(-n2ccc(OCC(C)C)n2)ccc1C(=O)NS(=O)(=O)c1cccnc1N)C(C)(C)C. The molecule has 0 saturated heterocycles. The van der Waals surface area contributed by atoms with E-state index in [0.717, 1.165) is 6.42 Å². The summed E-state index contributed by atoms with van der Waals surface area (Å²) in [6.45, 7) is 13.2. The van der Waals surface area contributed by atoms with Crippen LogP contribution in [0.25, 0.3) is 5.82 Å². The van der Waals surface area contributed by atoms with Gasteiger partial charge in [0.05, 0.1) is 12.2 Å². The van der Waals surface area contributed by atoms with E-state index in [1.165, 1.54) is 18.3 Å². The molecule has 0 aliphatic rings. The number of carbonyl (C=O) groups is 1. The quantitative estimate of drug-likeness (QED) is 0.403. The minimum atomic E-state index is -4.27. The molecule has 200 valence electrons. The number of sulfonamides is 1. The first-order chi connectivity index (χ1) is 17.3. The summed E-state index contributed by atoms with van der Waals surface area (Å²) in [7, 11) is -4.27. The third-order valence-electron chi connectivity index (χ3n) is 5.30. The molecule has 0 aliphatic carbocycles. The van der Waals surface area contributed by atoms with Crippen molar-refractivity contribution in [2.75, 3.05) is 23.8 Å². The van der Waals surface area contributed by atoms with Crippen molar-refractivity contribution in [2.24, 2.45) is 5.92 Å². The summed E-state index contributed by atoms with van der Waals surface area (Å²) in [5.41, 5.74) is 5.42. The monoisotopic (exact) mass is 529 g/mol. The molecule has 0 aliphatic heterocycles. The first kappa shape index (κ1) is 27.9. The van der Waals surface area contributed by atoms with Crippen LogP contribution in [0.4, 0.5) is 11.6 Å². The second-order valence-corrected chi connectivity index (χ2v) is 11.6. The Labute approximate surface area is 218 Å². The molecular formula is C25H35N7O4S. The molecule has 0 radical (unpaired) electrons. The van der Waals surface area contributed by atoms with Crippen LogP contribution in [0, 0.1) is 5.92 Å². The lowest BCUT2D eigenvalue weighted by molar-refractivity contribution is 0.0981. The van der Waals surface area contributed by atoms with Crippen LogP contribution in [0.15, 0.2) is 47.6 Å². The van der Waals surface area contributed by atoms with Gasteiger partial charge in [-0.2, -0.15) is 0 Å². The Morgan fingerprint density at radius 3 is 2.57 bits per heavy atom. The second-order valence-electron chi connectivity index (χ2n) is 9.99. The molecule has 0 fully saturated rings. The van der Waals surface area contributed by atoms with E-state index in [9.17, 15) is 13.2 Å². The Bertz CT molecular complexity index is 1350. The third-order valence-corrected chi connectivity index (χ3v) is 6.68. The lowest BCUT2D eigenvalue weighted by atomic mass is 10.0. The Hall–Kier alpha value is -3.67. The normalized spacial score (nSPS) is 12.0. The van der Waals surface area contributed by atoms with Gasteiger partial charge in [0.25, 0.3) is 15.9 Å². The van der Waals surface area contributed by atoms with Crippen molar-refractivity contribution in [3.05, 3.63) is 48.3 Å². The zero-order chi connectivity index (χ0) is 27.4. The smallest absolute Gasteiger partial charge is 0.268 e. The van der Waals surface area contributed by atoms with Crippen molar-refractivity contribution in [3.63, 3.8) is 0 Å². The van der Waals surface area contributed by atoms with E-state index in [2.05, 4.69) is 14.8 Å². The molecule has 0 spiro atoms. The molecule has 3 aromatic rings. The van der Waals surface area contributed by atoms with Crippen LogP contribution in [-0.2, 0) is 10.0 Å². The summed E-state index contributed by atoms with van der Waals surface area (Å²) in [5.74, 6) is 0.562. The molecule has 0 saturated carbocycles. The average molecular weight is 530 g/mol. The van der Waals surface area contributed by atoms with Crippen LogP contribution < -0.4 is 20.1 Å². The van der Waals surface area contributed by atoms with Gasteiger partial charge in [-0.1, -0.05) is 20.8 Å². The highest BCUT2D eigenvalue weighted by molar-refractivity contribution is 7.90. The largest absolute Gasteiger partial charge is 0.476 e. The van der Waals surface area contributed by atoms with Gasteiger partial charge < -0.3 is 15.4 Å². The number of amides is 1. The first-order valence-corrected chi connectivity index (χ1v) is 13.6. The van der Waals surface area contributed by atoms with Crippen molar-refractivity contribution < 1.29 is 17.9 Å². The number of rotatable bonds is 10. The maximum absolute atomic E-state index is 13.3. The molecule has 3 N–H and O–H groups in total. The Balaban J connectivity index is 2.04. The Morgan fingerprint density at radius 2 is 1.95 bits per heavy atom. The van der Waals surface area contributed by atoms with Gasteiger partial charge in [-0.25, -0.2) is 27.8 Å². The van der Waals surface area contributed by atoms with Gasteiger partial charge >= 0.3 is 0 Å². The fourth-order valence-electron chi connectivity index (χ4n) is 3.56. The van der Waals surface area contributed by atoms with Gasteiger partial charge in [-0.15, -0.1) is 5.10 Å². The number of nitrogens with two attached hydrogens (primary N) is 1. The number of anilines is 2. The summed E-state index contributed by atoms with van der Waals surface area (Å²) in [6.07, 6.45) is 3.87. The van der Waals surface area contributed by atoms with Gasteiger partial charge in [-0.05, 0) is 57.4 Å². The number of aromatic nitrogens is 4. The summed E-state index contributed by atoms with van der Waals surface area (Å²) in [6, 6.07) is 7.61. The third kappa shape index (κ3) is 6.76. The first-order valence-electron chi connectivity index (χ1n) is 12.1. The molecule has 0 bridgehead atoms. The zero-order valence-corrected chi connectivity index (χ0v) is 22.9. The fourth-order valence-corrected chi connectivity index (χ4v) is 4.61. The maximum Gasteiger partial charge on any atom is 0.268 e. The molecule has 0 unspecified atom stereocenters. The number of nitrogens with one attached hydrogen (secondary N) is 1. The van der Waals surface area contributed by atoms with E-state index >= 15 is 0 Å². The van der Waals surface area contributed by atoms with Gasteiger partial charge in [0.2, 0.25) is 5.88 Å². The van der Waals surface area contributed by atoms with E-state index in [1.807, 2.05) is 46.4 Å². The van der Waals surface area contributed by atoms with Gasteiger partial charge in [0, 0.05) is 30.5 Å². The van der Waals surface area contributed by atoms with Crippen LogP contribution in [0.5, 0.6) is 5.88 Å². The Kier molecular flexibility index (Phi) is 8.42. The number of hydrogen-bond acceptors (Lipinski definition) is 9. The molecule has 11 nitrogen and oxygen atoms in total. The summed E-state index contributed by atoms with van der Waals surface area (Å²) >= 11 is 0. The molecule has 3 rings (SSSR count). The van der Waals surface area contributed by atoms with E-state index in [0.29, 0.717) is 36.6 Å². The van der Waals surface area contributed by atoms with Crippen molar-refractivity contribution in [3.8, 4) is 11.7 Å². The van der Waals surface area contributed by atoms with Gasteiger partial charge in [0.1, 0.15) is 16.5 Å². The van der Waals surface area contributed by atoms with Crippen molar-refractivity contribution in [1.29, 1.82) is 0 Å². The molecule has 3 aromatic heterocycles.